The summed E-state index contributed by atoms with van der Waals surface area (Å²) in [5.74, 6) is 0.172. The van der Waals surface area contributed by atoms with Crippen LogP contribution in [0.5, 0.6) is 0 Å². The number of nitrogens with zero attached hydrogens (tertiary/aromatic N) is 1. The average molecular weight is 381 g/mol. The summed E-state index contributed by atoms with van der Waals surface area (Å²) in [4.78, 5) is 14.3. The summed E-state index contributed by atoms with van der Waals surface area (Å²) in [7, 11) is -3.45. The molecule has 0 aromatic carbocycles. The summed E-state index contributed by atoms with van der Waals surface area (Å²) < 4.78 is 27.6. The van der Waals surface area contributed by atoms with Crippen molar-refractivity contribution in [2.24, 2.45) is 0 Å². The molecule has 8 heteroatoms. The molecule has 2 rings (SSSR count). The Bertz CT molecular complexity index is 598. The molecule has 1 aromatic heterocycles. The number of nitrogens with one attached hydrogen (secondary N) is 1. The van der Waals surface area contributed by atoms with E-state index in [-0.39, 0.29) is 5.91 Å². The van der Waals surface area contributed by atoms with Crippen molar-refractivity contribution in [3.63, 3.8) is 0 Å². The van der Waals surface area contributed by atoms with E-state index in [1.165, 1.54) is 11.3 Å². The van der Waals surface area contributed by atoms with Crippen LogP contribution in [0, 0.1) is 6.92 Å². The molecule has 0 saturated carbocycles. The Morgan fingerprint density at radius 3 is 2.80 bits per heavy atom. The van der Waals surface area contributed by atoms with Gasteiger partial charge in [-0.05, 0) is 41.8 Å². The van der Waals surface area contributed by atoms with Crippen LogP contribution in [-0.4, -0.2) is 38.9 Å². The van der Waals surface area contributed by atoms with E-state index in [0.717, 1.165) is 21.6 Å². The van der Waals surface area contributed by atoms with E-state index >= 15 is 0 Å². The van der Waals surface area contributed by atoms with Crippen LogP contribution in [0.1, 0.15) is 24.1 Å². The van der Waals surface area contributed by atoms with Gasteiger partial charge in [-0.3, -0.25) is 4.79 Å². The van der Waals surface area contributed by atoms with Gasteiger partial charge in [0.2, 0.25) is 15.9 Å². The summed E-state index contributed by atoms with van der Waals surface area (Å²) >= 11 is 4.69. The Balaban J connectivity index is 1.84. The van der Waals surface area contributed by atoms with E-state index in [9.17, 15) is 13.2 Å². The van der Waals surface area contributed by atoms with Gasteiger partial charge in [0, 0.05) is 30.9 Å². The number of carbonyl (C=O) groups excluding carboxylic acids is 1. The van der Waals surface area contributed by atoms with Crippen molar-refractivity contribution < 1.29 is 13.2 Å². The summed E-state index contributed by atoms with van der Waals surface area (Å²) in [5, 5.41) is 0. The predicted molar refractivity (Wildman–Crippen MR) is 82.4 cm³/mol. The summed E-state index contributed by atoms with van der Waals surface area (Å²) in [6, 6.07) is 1.62. The molecule has 1 amide bonds. The van der Waals surface area contributed by atoms with Crippen molar-refractivity contribution in [1.29, 1.82) is 0 Å². The molecule has 5 nitrogen and oxygen atoms in total. The number of hydrogen-bond acceptors (Lipinski definition) is 4. The quantitative estimate of drug-likeness (QED) is 0.768. The molecule has 1 saturated heterocycles. The maximum absolute atomic E-state index is 12.1. The average Bonchev–Trinajstić information content (AvgIpc) is 2.91. The maximum Gasteiger partial charge on any atom is 0.241 e. The normalized spacial score (nSPS) is 16.1. The second-order valence-corrected chi connectivity index (χ2v) is 9.08. The Kier molecular flexibility index (Phi) is 5.22. The molecule has 2 heterocycles. The van der Waals surface area contributed by atoms with E-state index in [1.54, 1.807) is 17.9 Å². The molecule has 20 heavy (non-hydrogen) atoms. The van der Waals surface area contributed by atoms with Gasteiger partial charge in [0.05, 0.1) is 8.68 Å². The third kappa shape index (κ3) is 3.81. The van der Waals surface area contributed by atoms with Crippen molar-refractivity contribution in [2.45, 2.75) is 31.1 Å². The second kappa shape index (κ2) is 6.55. The van der Waals surface area contributed by atoms with Crippen LogP contribution in [0.4, 0.5) is 0 Å². The fourth-order valence-corrected chi connectivity index (χ4v) is 5.68. The third-order valence-corrected chi connectivity index (χ3v) is 6.47. The van der Waals surface area contributed by atoms with Gasteiger partial charge in [0.15, 0.2) is 0 Å². The van der Waals surface area contributed by atoms with Gasteiger partial charge < -0.3 is 4.90 Å². The van der Waals surface area contributed by atoms with Crippen molar-refractivity contribution in [1.82, 2.24) is 9.62 Å². The summed E-state index contributed by atoms with van der Waals surface area (Å²) in [6.07, 6.45) is 2.16. The van der Waals surface area contributed by atoms with Gasteiger partial charge in [-0.1, -0.05) is 0 Å². The smallest absolute Gasteiger partial charge is 0.241 e. The number of hydrogen-bond donors (Lipinski definition) is 1. The number of halogens is 1. The molecule has 1 N–H and O–H groups in total. The Morgan fingerprint density at radius 2 is 2.25 bits per heavy atom. The van der Waals surface area contributed by atoms with E-state index in [4.69, 9.17) is 0 Å². The summed E-state index contributed by atoms with van der Waals surface area (Å²) in [5.41, 5.74) is 0. The van der Waals surface area contributed by atoms with Crippen molar-refractivity contribution >= 4 is 43.2 Å². The van der Waals surface area contributed by atoms with Crippen LogP contribution in [-0.2, 0) is 14.8 Å². The lowest BCUT2D eigenvalue weighted by Gasteiger charge is -2.15. The fourth-order valence-electron chi connectivity index (χ4n) is 2.19. The van der Waals surface area contributed by atoms with Crippen molar-refractivity contribution in [2.75, 3.05) is 19.6 Å². The number of likely N-dealkylation sites (tertiary alicyclic amines) is 1. The molecular weight excluding hydrogens is 364 g/mol. The largest absolute Gasteiger partial charge is 0.343 e. The van der Waals surface area contributed by atoms with E-state index in [1.807, 2.05) is 0 Å². The molecular formula is C12H17BrN2O3S2. The first kappa shape index (κ1) is 15.9. The standard InChI is InChI=1S/C12H17BrN2O3S2/c1-9-10(8-11(13)19-9)20(17,18)14-5-3-7-15-6-2-4-12(15)16/h8,14H,2-7H2,1H3. The maximum atomic E-state index is 12.1. The minimum atomic E-state index is -3.45. The first-order valence-corrected chi connectivity index (χ1v) is 9.53. The first-order valence-electron chi connectivity index (χ1n) is 6.43. The van der Waals surface area contributed by atoms with Crippen LogP contribution >= 0.6 is 27.3 Å². The zero-order valence-corrected chi connectivity index (χ0v) is 14.4. The van der Waals surface area contributed by atoms with Gasteiger partial charge in [-0.2, -0.15) is 0 Å². The molecule has 0 aliphatic carbocycles. The zero-order chi connectivity index (χ0) is 14.8. The second-order valence-electron chi connectivity index (χ2n) is 4.71. The lowest BCUT2D eigenvalue weighted by Crippen LogP contribution is -2.30. The lowest BCUT2D eigenvalue weighted by atomic mass is 10.4. The third-order valence-electron chi connectivity index (χ3n) is 3.20. The molecule has 0 atom stereocenters. The molecule has 0 spiro atoms. The molecule has 0 unspecified atom stereocenters. The monoisotopic (exact) mass is 380 g/mol. The van der Waals surface area contributed by atoms with Gasteiger partial charge in [0.1, 0.15) is 0 Å². The molecule has 0 radical (unpaired) electrons. The lowest BCUT2D eigenvalue weighted by molar-refractivity contribution is -0.127. The SMILES string of the molecule is Cc1sc(Br)cc1S(=O)(=O)NCCCN1CCCC1=O. The van der Waals surface area contributed by atoms with Gasteiger partial charge in [0.25, 0.3) is 0 Å². The van der Waals surface area contributed by atoms with Crippen LogP contribution in [0.2, 0.25) is 0 Å². The van der Waals surface area contributed by atoms with Gasteiger partial charge >= 0.3 is 0 Å². The number of carbonyl (C=O) groups is 1. The highest BCUT2D eigenvalue weighted by atomic mass is 79.9. The van der Waals surface area contributed by atoms with Crippen LogP contribution in [0.25, 0.3) is 0 Å². The van der Waals surface area contributed by atoms with Gasteiger partial charge in [-0.25, -0.2) is 13.1 Å². The highest BCUT2D eigenvalue weighted by molar-refractivity contribution is 9.11. The Morgan fingerprint density at radius 1 is 1.50 bits per heavy atom. The molecule has 0 bridgehead atoms. The number of sulfonamides is 1. The molecule has 1 fully saturated rings. The zero-order valence-electron chi connectivity index (χ0n) is 11.2. The first-order chi connectivity index (χ1) is 9.40. The minimum Gasteiger partial charge on any atom is -0.343 e. The van der Waals surface area contributed by atoms with Crippen LogP contribution < -0.4 is 4.72 Å². The number of thiophene rings is 1. The Labute approximate surface area is 131 Å². The topological polar surface area (TPSA) is 66.5 Å². The summed E-state index contributed by atoms with van der Waals surface area (Å²) in [6.45, 7) is 3.54. The number of aryl methyl sites for hydroxylation is 1. The van der Waals surface area contributed by atoms with Gasteiger partial charge in [-0.15, -0.1) is 11.3 Å². The molecule has 1 aromatic rings. The highest BCUT2D eigenvalue weighted by Gasteiger charge is 2.21. The molecule has 1 aliphatic rings. The van der Waals surface area contributed by atoms with E-state index in [2.05, 4.69) is 20.7 Å². The highest BCUT2D eigenvalue weighted by Crippen LogP contribution is 2.29. The molecule has 112 valence electrons. The van der Waals surface area contributed by atoms with Crippen molar-refractivity contribution in [3.8, 4) is 0 Å². The number of amides is 1. The van der Waals surface area contributed by atoms with Crippen molar-refractivity contribution in [3.05, 3.63) is 14.7 Å². The predicted octanol–water partition coefficient (Wildman–Crippen LogP) is 2.11. The number of rotatable bonds is 6. The molecule has 1 aliphatic heterocycles. The van der Waals surface area contributed by atoms with Crippen LogP contribution in [0.3, 0.4) is 0 Å². The Hall–Kier alpha value is -0.440. The van der Waals surface area contributed by atoms with Crippen LogP contribution in [0.15, 0.2) is 14.7 Å². The van der Waals surface area contributed by atoms with E-state index < -0.39 is 10.0 Å². The minimum absolute atomic E-state index is 0.172. The van der Waals surface area contributed by atoms with E-state index in [0.29, 0.717) is 30.8 Å². The fraction of sp³-hybridized carbons (Fsp3) is 0.583.